The number of hydrogen-bond acceptors (Lipinski definition) is 1. The maximum atomic E-state index is 11.3. The Labute approximate surface area is 92.1 Å². The van der Waals surface area contributed by atoms with Crippen LogP contribution in [0.15, 0.2) is 0 Å². The number of carboxylic acids is 1. The Balaban J connectivity index is 2.13. The van der Waals surface area contributed by atoms with E-state index < -0.39 is 5.97 Å². The summed E-state index contributed by atoms with van der Waals surface area (Å²) in [5, 5.41) is 9.31. The number of carbonyl (C=O) groups is 1. The highest BCUT2D eigenvalue weighted by atomic mass is 16.4. The Hall–Kier alpha value is -0.530. The molecule has 15 heavy (non-hydrogen) atoms. The zero-order chi connectivity index (χ0) is 11.3. The van der Waals surface area contributed by atoms with Gasteiger partial charge in [-0.15, -0.1) is 0 Å². The number of aliphatic carboxylic acids is 1. The van der Waals surface area contributed by atoms with Crippen molar-refractivity contribution in [3.63, 3.8) is 0 Å². The van der Waals surface area contributed by atoms with Crippen molar-refractivity contribution in [1.82, 2.24) is 0 Å². The molecule has 0 radical (unpaired) electrons. The lowest BCUT2D eigenvalue weighted by Gasteiger charge is -2.41. The summed E-state index contributed by atoms with van der Waals surface area (Å²) in [6.07, 6.45) is 5.30. The minimum Gasteiger partial charge on any atom is -0.481 e. The van der Waals surface area contributed by atoms with Crippen molar-refractivity contribution in [2.45, 2.75) is 52.9 Å². The second-order valence-electron chi connectivity index (χ2n) is 6.57. The van der Waals surface area contributed by atoms with E-state index in [-0.39, 0.29) is 5.41 Å². The Morgan fingerprint density at radius 1 is 1.27 bits per heavy atom. The van der Waals surface area contributed by atoms with E-state index in [1.807, 2.05) is 0 Å². The van der Waals surface area contributed by atoms with Crippen LogP contribution in [0.2, 0.25) is 0 Å². The highest BCUT2D eigenvalue weighted by Gasteiger charge is 2.57. The van der Waals surface area contributed by atoms with Crippen LogP contribution in [0.1, 0.15) is 52.9 Å². The van der Waals surface area contributed by atoms with Crippen LogP contribution in [-0.4, -0.2) is 11.1 Å². The van der Waals surface area contributed by atoms with Crippen LogP contribution in [-0.2, 0) is 4.79 Å². The van der Waals surface area contributed by atoms with Crippen molar-refractivity contribution < 1.29 is 9.90 Å². The van der Waals surface area contributed by atoms with E-state index >= 15 is 0 Å². The number of carboxylic acid groups (broad SMARTS) is 1. The fourth-order valence-corrected chi connectivity index (χ4v) is 3.70. The summed E-state index contributed by atoms with van der Waals surface area (Å²) in [5.74, 6) is 0.571. The molecule has 2 saturated carbocycles. The largest absolute Gasteiger partial charge is 0.481 e. The van der Waals surface area contributed by atoms with E-state index in [0.29, 0.717) is 17.3 Å². The van der Waals surface area contributed by atoms with Crippen molar-refractivity contribution in [3.05, 3.63) is 0 Å². The predicted molar refractivity (Wildman–Crippen MR) is 59.6 cm³/mol. The monoisotopic (exact) mass is 210 g/mol. The summed E-state index contributed by atoms with van der Waals surface area (Å²) in [6.45, 7) is 6.84. The molecule has 2 atom stereocenters. The second kappa shape index (κ2) is 3.23. The lowest BCUT2D eigenvalue weighted by atomic mass is 9.63. The molecule has 0 amide bonds. The Kier molecular flexibility index (Phi) is 2.36. The molecule has 0 bridgehead atoms. The number of hydrogen-bond donors (Lipinski definition) is 1. The highest BCUT2D eigenvalue weighted by Crippen LogP contribution is 2.59. The van der Waals surface area contributed by atoms with Gasteiger partial charge in [0, 0.05) is 0 Å². The molecule has 0 spiro atoms. The number of rotatable bonds is 2. The van der Waals surface area contributed by atoms with Crippen LogP contribution in [0, 0.1) is 22.7 Å². The van der Waals surface area contributed by atoms with Gasteiger partial charge in [0.25, 0.3) is 0 Å². The molecule has 0 heterocycles. The summed E-state index contributed by atoms with van der Waals surface area (Å²) in [7, 11) is 0. The average molecular weight is 210 g/mol. The molecule has 2 aliphatic carbocycles. The van der Waals surface area contributed by atoms with Crippen LogP contribution < -0.4 is 0 Å². The quantitative estimate of drug-likeness (QED) is 0.759. The van der Waals surface area contributed by atoms with Crippen molar-refractivity contribution in [3.8, 4) is 0 Å². The molecule has 86 valence electrons. The van der Waals surface area contributed by atoms with Crippen molar-refractivity contribution in [2.75, 3.05) is 0 Å². The minimum absolute atomic E-state index is 0.327. The third-order valence-corrected chi connectivity index (χ3v) is 4.38. The maximum Gasteiger partial charge on any atom is 0.309 e. The van der Waals surface area contributed by atoms with Gasteiger partial charge in [-0.25, -0.2) is 0 Å². The average Bonchev–Trinajstić information content (AvgIpc) is 2.78. The molecule has 0 saturated heterocycles. The molecule has 2 nitrogen and oxygen atoms in total. The topological polar surface area (TPSA) is 37.3 Å². The van der Waals surface area contributed by atoms with Crippen LogP contribution >= 0.6 is 0 Å². The molecule has 2 unspecified atom stereocenters. The first kappa shape index (κ1) is 11.0. The van der Waals surface area contributed by atoms with Crippen molar-refractivity contribution in [1.29, 1.82) is 0 Å². The van der Waals surface area contributed by atoms with Gasteiger partial charge in [-0.2, -0.15) is 0 Å². The molecular weight excluding hydrogens is 188 g/mol. The summed E-state index contributed by atoms with van der Waals surface area (Å²) in [4.78, 5) is 11.3. The third kappa shape index (κ3) is 1.91. The molecule has 1 N–H and O–H groups in total. The van der Waals surface area contributed by atoms with Crippen molar-refractivity contribution >= 4 is 5.97 Å². The Morgan fingerprint density at radius 2 is 1.87 bits per heavy atom. The smallest absolute Gasteiger partial charge is 0.309 e. The van der Waals surface area contributed by atoms with E-state index in [0.717, 1.165) is 25.7 Å². The normalized spacial score (nSPS) is 37.3. The molecule has 2 fully saturated rings. The van der Waals surface area contributed by atoms with E-state index in [4.69, 9.17) is 0 Å². The lowest BCUT2D eigenvalue weighted by Crippen LogP contribution is -2.35. The van der Waals surface area contributed by atoms with Gasteiger partial charge < -0.3 is 5.11 Å². The van der Waals surface area contributed by atoms with Crippen LogP contribution in [0.25, 0.3) is 0 Å². The van der Waals surface area contributed by atoms with Gasteiger partial charge >= 0.3 is 5.97 Å². The maximum absolute atomic E-state index is 11.3. The minimum atomic E-state index is -0.544. The Bertz CT molecular complexity index is 276. The van der Waals surface area contributed by atoms with E-state index in [9.17, 15) is 9.90 Å². The van der Waals surface area contributed by atoms with Gasteiger partial charge in [0.1, 0.15) is 0 Å². The first-order valence-corrected chi connectivity index (χ1v) is 6.09. The van der Waals surface area contributed by atoms with E-state index in [1.54, 1.807) is 0 Å². The first-order chi connectivity index (χ1) is 6.86. The first-order valence-electron chi connectivity index (χ1n) is 6.09. The van der Waals surface area contributed by atoms with Crippen molar-refractivity contribution in [2.24, 2.45) is 22.7 Å². The van der Waals surface area contributed by atoms with Gasteiger partial charge in [0.2, 0.25) is 0 Å². The van der Waals surface area contributed by atoms with Crippen LogP contribution in [0.3, 0.4) is 0 Å². The standard InChI is InChI=1S/C13H22O2/c1-9-6-10(8-12(2,3)7-9)13(4-5-13)11(14)15/h9-10H,4-8H2,1-3H3,(H,14,15). The lowest BCUT2D eigenvalue weighted by molar-refractivity contribution is -0.147. The van der Waals surface area contributed by atoms with Gasteiger partial charge in [-0.05, 0) is 49.4 Å². The van der Waals surface area contributed by atoms with Crippen LogP contribution in [0.4, 0.5) is 0 Å². The second-order valence-corrected chi connectivity index (χ2v) is 6.57. The Morgan fingerprint density at radius 3 is 2.27 bits per heavy atom. The predicted octanol–water partition coefficient (Wildman–Crippen LogP) is 3.31. The summed E-state index contributed by atoms with van der Waals surface area (Å²) < 4.78 is 0. The SMILES string of the molecule is CC1CC(C2(C(=O)O)CC2)CC(C)(C)C1. The zero-order valence-corrected chi connectivity index (χ0v) is 10.0. The molecule has 0 aromatic heterocycles. The molecule has 2 aliphatic rings. The van der Waals surface area contributed by atoms with Gasteiger partial charge in [0.15, 0.2) is 0 Å². The summed E-state index contributed by atoms with van der Waals surface area (Å²) >= 11 is 0. The molecule has 0 aromatic rings. The fourth-order valence-electron chi connectivity index (χ4n) is 3.70. The molecule has 0 aliphatic heterocycles. The summed E-state index contributed by atoms with van der Waals surface area (Å²) in [6, 6.07) is 0. The van der Waals surface area contributed by atoms with Gasteiger partial charge in [-0.1, -0.05) is 20.8 Å². The fraction of sp³-hybridized carbons (Fsp3) is 0.923. The van der Waals surface area contributed by atoms with Gasteiger partial charge in [-0.3, -0.25) is 4.79 Å². The molecule has 0 aromatic carbocycles. The zero-order valence-electron chi connectivity index (χ0n) is 10.0. The van der Waals surface area contributed by atoms with E-state index in [1.165, 1.54) is 6.42 Å². The third-order valence-electron chi connectivity index (χ3n) is 4.38. The van der Waals surface area contributed by atoms with Gasteiger partial charge in [0.05, 0.1) is 5.41 Å². The molecule has 2 heteroatoms. The highest BCUT2D eigenvalue weighted by molar-refractivity contribution is 5.78. The van der Waals surface area contributed by atoms with Crippen LogP contribution in [0.5, 0.6) is 0 Å². The summed E-state index contributed by atoms with van der Waals surface area (Å²) in [5.41, 5.74) is 0.0132. The molecule has 2 rings (SSSR count). The molecular formula is C13H22O2. The van der Waals surface area contributed by atoms with E-state index in [2.05, 4.69) is 20.8 Å².